The summed E-state index contributed by atoms with van der Waals surface area (Å²) < 4.78 is 63.5. The molecule has 0 bridgehead atoms. The smallest absolute Gasteiger partial charge is 0.490 e. The number of carboxylic acids is 2. The number of hydrogen-bond acceptors (Lipinski definition) is 6. The van der Waals surface area contributed by atoms with E-state index in [1.54, 1.807) is 12.3 Å². The molecule has 0 unspecified atom stereocenters. The van der Waals surface area contributed by atoms with Crippen LogP contribution in [0.3, 0.4) is 0 Å². The number of aromatic hydroxyl groups is 1. The minimum Gasteiger partial charge on any atom is -0.506 e. The van der Waals surface area contributed by atoms with Crippen molar-refractivity contribution in [2.45, 2.75) is 37.2 Å². The summed E-state index contributed by atoms with van der Waals surface area (Å²) in [5.74, 6) is -5.30. The summed E-state index contributed by atoms with van der Waals surface area (Å²) in [5.41, 5.74) is 2.56. The van der Waals surface area contributed by atoms with Crippen molar-refractivity contribution in [1.82, 2.24) is 9.88 Å². The Balaban J connectivity index is 0.000000333. The predicted molar refractivity (Wildman–Crippen MR) is 129 cm³/mol. The standard InChI is InChI=1S/C22H21N3O.2C2HF3O2/c23-16-22(18-5-2-1-3-6-18)10-13-25(14-11-22)15-17-8-9-20(26)21-19(17)7-4-12-24-21;2*3-2(4,5)1(6)7/h1-9,12,26H,10-11,13-15H2;2*(H,6,7). The predicted octanol–water partition coefficient (Wildman–Crippen LogP) is 5.26. The number of phenolic OH excluding ortho intramolecular Hbond substituents is 1. The van der Waals surface area contributed by atoms with Crippen LogP contribution in [0.2, 0.25) is 0 Å². The van der Waals surface area contributed by atoms with Gasteiger partial charge in [-0.15, -0.1) is 0 Å². The van der Waals surface area contributed by atoms with E-state index >= 15 is 0 Å². The number of phenols is 1. The Bertz CT molecular complexity index is 1320. The number of carboxylic acid groups (broad SMARTS) is 2. The quantitative estimate of drug-likeness (QED) is 0.362. The number of nitriles is 1. The highest BCUT2D eigenvalue weighted by atomic mass is 19.4. The third-order valence-corrected chi connectivity index (χ3v) is 5.97. The molecule has 0 spiro atoms. The summed E-state index contributed by atoms with van der Waals surface area (Å²) in [4.78, 5) is 24.5. The fourth-order valence-corrected chi connectivity index (χ4v) is 3.91. The van der Waals surface area contributed by atoms with Gasteiger partial charge in [0.1, 0.15) is 11.3 Å². The molecule has 1 aliphatic rings. The molecule has 0 aliphatic carbocycles. The summed E-state index contributed by atoms with van der Waals surface area (Å²) >= 11 is 0. The van der Waals surface area contributed by atoms with Gasteiger partial charge in [-0.05, 0) is 36.1 Å². The van der Waals surface area contributed by atoms with E-state index in [4.69, 9.17) is 19.8 Å². The lowest BCUT2D eigenvalue weighted by Crippen LogP contribution is -2.41. The molecule has 4 rings (SSSR count). The van der Waals surface area contributed by atoms with Crippen LogP contribution in [0, 0.1) is 11.3 Å². The molecule has 1 saturated heterocycles. The van der Waals surface area contributed by atoms with Crippen LogP contribution >= 0.6 is 0 Å². The lowest BCUT2D eigenvalue weighted by atomic mass is 9.74. The van der Waals surface area contributed by atoms with Gasteiger partial charge in [-0.2, -0.15) is 31.6 Å². The Morgan fingerprint density at radius 2 is 1.43 bits per heavy atom. The average molecular weight is 571 g/mol. The Labute approximate surface area is 223 Å². The summed E-state index contributed by atoms with van der Waals surface area (Å²) in [5, 5.41) is 35.1. The van der Waals surface area contributed by atoms with Crippen LogP contribution in [0.1, 0.15) is 24.0 Å². The number of hydrogen-bond donors (Lipinski definition) is 3. The Morgan fingerprint density at radius 1 is 0.900 bits per heavy atom. The first kappa shape index (κ1) is 31.8. The summed E-state index contributed by atoms with van der Waals surface area (Å²) in [6, 6.07) is 20.3. The van der Waals surface area contributed by atoms with Gasteiger partial charge in [0, 0.05) is 31.2 Å². The number of benzene rings is 2. The van der Waals surface area contributed by atoms with E-state index < -0.39 is 24.3 Å². The summed E-state index contributed by atoms with van der Waals surface area (Å²) in [6.07, 6.45) is -6.79. The van der Waals surface area contributed by atoms with Crippen molar-refractivity contribution in [3.63, 3.8) is 0 Å². The van der Waals surface area contributed by atoms with Crippen LogP contribution in [-0.2, 0) is 21.5 Å². The van der Waals surface area contributed by atoms with Crippen LogP contribution in [0.5, 0.6) is 5.75 Å². The maximum atomic E-state index is 10.6. The molecule has 14 heteroatoms. The average Bonchev–Trinajstić information content (AvgIpc) is 2.91. The van der Waals surface area contributed by atoms with Gasteiger partial charge < -0.3 is 15.3 Å². The van der Waals surface area contributed by atoms with Crippen LogP contribution in [0.15, 0.2) is 60.8 Å². The number of nitrogens with zero attached hydrogens (tertiary/aromatic N) is 3. The summed E-state index contributed by atoms with van der Waals surface area (Å²) in [7, 11) is 0. The minimum atomic E-state index is -5.08. The van der Waals surface area contributed by atoms with Crippen LogP contribution in [0.4, 0.5) is 26.3 Å². The number of piperidine rings is 1. The molecule has 0 amide bonds. The molecule has 1 fully saturated rings. The maximum Gasteiger partial charge on any atom is 0.490 e. The lowest BCUT2D eigenvalue weighted by molar-refractivity contribution is -0.193. The van der Waals surface area contributed by atoms with Gasteiger partial charge in [-0.25, -0.2) is 9.59 Å². The number of aromatic nitrogens is 1. The van der Waals surface area contributed by atoms with E-state index in [0.29, 0.717) is 5.52 Å². The third kappa shape index (κ3) is 8.57. The zero-order valence-electron chi connectivity index (χ0n) is 20.6. The van der Waals surface area contributed by atoms with E-state index in [0.717, 1.165) is 49.0 Å². The number of rotatable bonds is 3. The van der Waals surface area contributed by atoms with E-state index in [1.807, 2.05) is 36.4 Å². The molecule has 214 valence electrons. The van der Waals surface area contributed by atoms with Gasteiger partial charge in [0.25, 0.3) is 0 Å². The Kier molecular flexibility index (Phi) is 10.4. The first-order valence-electron chi connectivity index (χ1n) is 11.5. The minimum absolute atomic E-state index is 0.218. The van der Waals surface area contributed by atoms with Gasteiger partial charge >= 0.3 is 24.3 Å². The number of carbonyl (C=O) groups is 2. The molecule has 0 saturated carbocycles. The number of likely N-dealkylation sites (tertiary alicyclic amines) is 1. The number of halogens is 6. The van der Waals surface area contributed by atoms with Crippen molar-refractivity contribution < 1.29 is 51.3 Å². The van der Waals surface area contributed by atoms with Gasteiger partial charge in [-0.1, -0.05) is 42.5 Å². The third-order valence-electron chi connectivity index (χ3n) is 5.97. The van der Waals surface area contributed by atoms with Crippen molar-refractivity contribution in [3.8, 4) is 11.8 Å². The number of pyridine rings is 1. The first-order chi connectivity index (χ1) is 18.6. The van der Waals surface area contributed by atoms with Gasteiger partial charge in [0.15, 0.2) is 0 Å². The first-order valence-corrected chi connectivity index (χ1v) is 11.5. The lowest BCUT2D eigenvalue weighted by Gasteiger charge is -2.37. The maximum absolute atomic E-state index is 10.6. The molecular formula is C26H23F6N3O5. The largest absolute Gasteiger partial charge is 0.506 e. The number of fused-ring (bicyclic) bond motifs is 1. The van der Waals surface area contributed by atoms with Gasteiger partial charge in [-0.3, -0.25) is 9.88 Å². The summed E-state index contributed by atoms with van der Waals surface area (Å²) in [6.45, 7) is 2.56. The Morgan fingerprint density at radius 3 is 1.90 bits per heavy atom. The van der Waals surface area contributed by atoms with E-state index in [-0.39, 0.29) is 11.2 Å². The highest BCUT2D eigenvalue weighted by molar-refractivity contribution is 5.87. The zero-order chi connectivity index (χ0) is 30.1. The molecule has 2 aromatic carbocycles. The van der Waals surface area contributed by atoms with Crippen molar-refractivity contribution in [2.75, 3.05) is 13.1 Å². The van der Waals surface area contributed by atoms with Crippen LogP contribution in [-0.4, -0.2) is 62.6 Å². The zero-order valence-corrected chi connectivity index (χ0v) is 20.6. The fraction of sp³-hybridized carbons (Fsp3) is 0.308. The molecule has 0 atom stereocenters. The van der Waals surface area contributed by atoms with E-state index in [9.17, 15) is 36.7 Å². The second kappa shape index (κ2) is 13.1. The number of aliphatic carboxylic acids is 2. The van der Waals surface area contributed by atoms with Gasteiger partial charge in [0.2, 0.25) is 0 Å². The highest BCUT2D eigenvalue weighted by Crippen LogP contribution is 2.36. The molecule has 2 heterocycles. The molecular weight excluding hydrogens is 548 g/mol. The molecule has 40 heavy (non-hydrogen) atoms. The highest BCUT2D eigenvalue weighted by Gasteiger charge is 2.39. The molecule has 1 aromatic heterocycles. The van der Waals surface area contributed by atoms with Crippen LogP contribution in [0.25, 0.3) is 10.9 Å². The fourth-order valence-electron chi connectivity index (χ4n) is 3.91. The molecule has 3 N–H and O–H groups in total. The topological polar surface area (TPSA) is 135 Å². The SMILES string of the molecule is N#CC1(c2ccccc2)CCN(Cc2ccc(O)c3ncccc23)CC1.O=C(O)C(F)(F)F.O=C(O)C(F)(F)F. The second-order valence-corrected chi connectivity index (χ2v) is 8.59. The van der Waals surface area contributed by atoms with Crippen molar-refractivity contribution in [1.29, 1.82) is 5.26 Å². The molecule has 8 nitrogen and oxygen atoms in total. The Hall–Kier alpha value is -4.38. The van der Waals surface area contributed by atoms with E-state index in [2.05, 4.69) is 28.1 Å². The second-order valence-electron chi connectivity index (χ2n) is 8.59. The molecule has 0 radical (unpaired) electrons. The molecule has 3 aromatic rings. The van der Waals surface area contributed by atoms with Crippen LogP contribution < -0.4 is 0 Å². The van der Waals surface area contributed by atoms with Crippen molar-refractivity contribution in [3.05, 3.63) is 71.9 Å². The van der Waals surface area contributed by atoms with Crippen molar-refractivity contribution >= 4 is 22.8 Å². The molecule has 1 aliphatic heterocycles. The number of alkyl halides is 6. The monoisotopic (exact) mass is 571 g/mol. The van der Waals surface area contributed by atoms with Gasteiger partial charge in [0.05, 0.1) is 11.5 Å². The van der Waals surface area contributed by atoms with Crippen molar-refractivity contribution in [2.24, 2.45) is 0 Å². The van der Waals surface area contributed by atoms with E-state index in [1.165, 1.54) is 0 Å². The normalized spacial score (nSPS) is 15.0.